The van der Waals surface area contributed by atoms with E-state index in [0.29, 0.717) is 23.0 Å². The van der Waals surface area contributed by atoms with Gasteiger partial charge in [0.05, 0.1) is 10.6 Å². The van der Waals surface area contributed by atoms with Crippen LogP contribution >= 0.6 is 23.1 Å². The molecule has 0 radical (unpaired) electrons. The molecule has 4 heterocycles. The first-order chi connectivity index (χ1) is 10.8. The zero-order valence-corrected chi connectivity index (χ0v) is 14.1. The smallest absolute Gasteiger partial charge is 0.274 e. The van der Waals surface area contributed by atoms with Crippen molar-refractivity contribution >= 4 is 29.0 Å². The predicted molar refractivity (Wildman–Crippen MR) is 91.4 cm³/mol. The van der Waals surface area contributed by atoms with Gasteiger partial charge in [-0.15, -0.1) is 11.3 Å². The highest BCUT2D eigenvalue weighted by Crippen LogP contribution is 2.40. The minimum absolute atomic E-state index is 0.103. The molecule has 0 saturated carbocycles. The van der Waals surface area contributed by atoms with Crippen LogP contribution in [-0.2, 0) is 0 Å². The number of hydrogen-bond donors (Lipinski definition) is 1. The first kappa shape index (κ1) is 14.3. The lowest BCUT2D eigenvalue weighted by Gasteiger charge is -2.38. The van der Waals surface area contributed by atoms with Crippen molar-refractivity contribution in [2.45, 2.75) is 43.0 Å². The number of hydrogen-bond acceptors (Lipinski definition) is 4. The van der Waals surface area contributed by atoms with Crippen LogP contribution in [-0.4, -0.2) is 44.6 Å². The summed E-state index contributed by atoms with van der Waals surface area (Å²) < 4.78 is 0. The van der Waals surface area contributed by atoms with Crippen LogP contribution in [0.5, 0.6) is 0 Å². The summed E-state index contributed by atoms with van der Waals surface area (Å²) >= 11 is 3.60. The molecular formula is C16H19N3OS2. The lowest BCUT2D eigenvalue weighted by Crippen LogP contribution is -2.47. The van der Waals surface area contributed by atoms with Crippen LogP contribution in [0.15, 0.2) is 23.6 Å². The van der Waals surface area contributed by atoms with Crippen LogP contribution in [0.25, 0.3) is 10.6 Å². The molecule has 0 aromatic carbocycles. The number of aromatic nitrogens is 2. The van der Waals surface area contributed by atoms with E-state index in [-0.39, 0.29) is 5.91 Å². The summed E-state index contributed by atoms with van der Waals surface area (Å²) in [7, 11) is 0. The number of aromatic amines is 1. The molecule has 0 spiro atoms. The summed E-state index contributed by atoms with van der Waals surface area (Å²) in [5.41, 5.74) is 1.49. The Morgan fingerprint density at radius 2 is 2.18 bits per heavy atom. The molecule has 3 atom stereocenters. The van der Waals surface area contributed by atoms with E-state index in [1.54, 1.807) is 11.3 Å². The Morgan fingerprint density at radius 3 is 2.82 bits per heavy atom. The third-order valence-corrected chi connectivity index (χ3v) is 6.80. The lowest BCUT2D eigenvalue weighted by molar-refractivity contribution is 0.0595. The van der Waals surface area contributed by atoms with E-state index < -0.39 is 0 Å². The molecule has 1 unspecified atom stereocenters. The third kappa shape index (κ3) is 2.38. The number of nitrogens with one attached hydrogen (secondary N) is 1. The fourth-order valence-corrected chi connectivity index (χ4v) is 5.29. The number of piperidine rings is 1. The van der Waals surface area contributed by atoms with Crippen LogP contribution in [0.2, 0.25) is 0 Å². The molecule has 22 heavy (non-hydrogen) atoms. The highest BCUT2D eigenvalue weighted by Gasteiger charge is 2.43. The number of H-pyrrole nitrogens is 1. The van der Waals surface area contributed by atoms with Gasteiger partial charge in [-0.3, -0.25) is 9.89 Å². The Labute approximate surface area is 138 Å². The molecule has 4 nitrogen and oxygen atoms in total. The van der Waals surface area contributed by atoms with E-state index in [4.69, 9.17) is 0 Å². The number of thioether (sulfide) groups is 1. The second kappa shape index (κ2) is 5.74. The Bertz CT molecular complexity index is 653. The number of amides is 1. The zero-order chi connectivity index (χ0) is 15.1. The Balaban J connectivity index is 1.55. The zero-order valence-electron chi connectivity index (χ0n) is 12.5. The van der Waals surface area contributed by atoms with Crippen LogP contribution in [0.4, 0.5) is 0 Å². The topological polar surface area (TPSA) is 49.0 Å². The molecule has 2 aromatic rings. The van der Waals surface area contributed by atoms with E-state index in [1.165, 1.54) is 0 Å². The maximum atomic E-state index is 12.9. The van der Waals surface area contributed by atoms with Crippen molar-refractivity contribution in [1.82, 2.24) is 15.1 Å². The van der Waals surface area contributed by atoms with Gasteiger partial charge < -0.3 is 4.90 Å². The fourth-order valence-electron chi connectivity index (χ4n) is 3.77. The van der Waals surface area contributed by atoms with Crippen LogP contribution in [0, 0.1) is 0 Å². The van der Waals surface area contributed by atoms with Crippen LogP contribution in [0.1, 0.15) is 36.2 Å². The van der Waals surface area contributed by atoms with E-state index in [2.05, 4.69) is 21.4 Å². The molecule has 2 saturated heterocycles. The maximum Gasteiger partial charge on any atom is 0.274 e. The lowest BCUT2D eigenvalue weighted by atomic mass is 10.0. The SMILES string of the molecule is CSC1C[C@H]2CC[C@@H](C1)N2C(=O)c1cc(-c2cccs2)[nH]n1. The van der Waals surface area contributed by atoms with Gasteiger partial charge in [-0.2, -0.15) is 16.9 Å². The van der Waals surface area contributed by atoms with Gasteiger partial charge in [-0.25, -0.2) is 0 Å². The predicted octanol–water partition coefficient (Wildman–Crippen LogP) is 3.64. The monoisotopic (exact) mass is 333 g/mol. The molecule has 0 aliphatic carbocycles. The van der Waals surface area contributed by atoms with E-state index in [9.17, 15) is 4.79 Å². The van der Waals surface area contributed by atoms with E-state index in [1.807, 2.05) is 35.3 Å². The Kier molecular flexibility index (Phi) is 3.74. The Morgan fingerprint density at radius 1 is 1.41 bits per heavy atom. The molecule has 6 heteroatoms. The van der Waals surface area contributed by atoms with Crippen molar-refractivity contribution in [2.75, 3.05) is 6.26 Å². The molecule has 4 rings (SSSR count). The van der Waals surface area contributed by atoms with Gasteiger partial charge in [0.25, 0.3) is 5.91 Å². The van der Waals surface area contributed by atoms with Gasteiger partial charge in [0.2, 0.25) is 0 Å². The van der Waals surface area contributed by atoms with Crippen molar-refractivity contribution in [1.29, 1.82) is 0 Å². The standard InChI is InChI=1S/C16H19N3OS2/c1-21-12-7-10-4-5-11(8-12)19(10)16(20)14-9-13(17-18-14)15-3-2-6-22-15/h2-3,6,9-12H,4-5,7-8H2,1H3,(H,17,18)/t10-,11+,12?. The first-order valence-electron chi connectivity index (χ1n) is 7.71. The molecule has 1 N–H and O–H groups in total. The molecule has 2 aromatic heterocycles. The average molecular weight is 333 g/mol. The number of nitrogens with zero attached hydrogens (tertiary/aromatic N) is 2. The summed E-state index contributed by atoms with van der Waals surface area (Å²) in [5, 5.41) is 10.0. The van der Waals surface area contributed by atoms with Crippen molar-refractivity contribution in [3.63, 3.8) is 0 Å². The number of carbonyl (C=O) groups is 1. The summed E-state index contributed by atoms with van der Waals surface area (Å²) in [6.07, 6.45) is 6.74. The second-order valence-corrected chi connectivity index (χ2v) is 8.16. The molecule has 2 aliphatic heterocycles. The van der Waals surface area contributed by atoms with Crippen LogP contribution < -0.4 is 0 Å². The van der Waals surface area contributed by atoms with Gasteiger partial charge in [-0.05, 0) is 49.5 Å². The Hall–Kier alpha value is -1.27. The summed E-state index contributed by atoms with van der Waals surface area (Å²) in [5.74, 6) is 0.103. The molecular weight excluding hydrogens is 314 g/mol. The summed E-state index contributed by atoms with van der Waals surface area (Å²) in [6, 6.07) is 6.76. The minimum Gasteiger partial charge on any atom is -0.331 e. The second-order valence-electron chi connectivity index (χ2n) is 6.07. The highest BCUT2D eigenvalue weighted by atomic mass is 32.2. The quantitative estimate of drug-likeness (QED) is 0.933. The molecule has 2 aliphatic rings. The number of carbonyl (C=O) groups excluding carboxylic acids is 1. The largest absolute Gasteiger partial charge is 0.331 e. The van der Waals surface area contributed by atoms with Crippen molar-refractivity contribution in [3.8, 4) is 10.6 Å². The van der Waals surface area contributed by atoms with Gasteiger partial charge in [0.1, 0.15) is 0 Å². The molecule has 1 amide bonds. The number of rotatable bonds is 3. The molecule has 2 bridgehead atoms. The minimum atomic E-state index is 0.103. The normalized spacial score (nSPS) is 27.3. The number of fused-ring (bicyclic) bond motifs is 2. The summed E-state index contributed by atoms with van der Waals surface area (Å²) in [6.45, 7) is 0. The van der Waals surface area contributed by atoms with E-state index >= 15 is 0 Å². The summed E-state index contributed by atoms with van der Waals surface area (Å²) in [4.78, 5) is 16.1. The molecule has 116 valence electrons. The van der Waals surface area contributed by atoms with Crippen molar-refractivity contribution in [3.05, 3.63) is 29.3 Å². The van der Waals surface area contributed by atoms with Crippen molar-refractivity contribution < 1.29 is 4.79 Å². The molecule has 2 fully saturated rings. The van der Waals surface area contributed by atoms with Gasteiger partial charge in [-0.1, -0.05) is 6.07 Å². The van der Waals surface area contributed by atoms with Crippen LogP contribution in [0.3, 0.4) is 0 Å². The third-order valence-electron chi connectivity index (χ3n) is 4.84. The number of thiophene rings is 1. The van der Waals surface area contributed by atoms with E-state index in [0.717, 1.165) is 36.3 Å². The fraction of sp³-hybridized carbons (Fsp3) is 0.500. The highest BCUT2D eigenvalue weighted by molar-refractivity contribution is 7.99. The van der Waals surface area contributed by atoms with Gasteiger partial charge >= 0.3 is 0 Å². The van der Waals surface area contributed by atoms with Gasteiger partial charge in [0, 0.05) is 17.3 Å². The average Bonchev–Trinajstić information content (AvgIpc) is 3.25. The first-order valence-corrected chi connectivity index (χ1v) is 9.87. The van der Waals surface area contributed by atoms with Crippen molar-refractivity contribution in [2.24, 2.45) is 0 Å². The maximum absolute atomic E-state index is 12.9. The van der Waals surface area contributed by atoms with Gasteiger partial charge in [0.15, 0.2) is 5.69 Å².